The molecule has 4 nitrogen and oxygen atoms in total. The molecule has 98 valence electrons. The number of thiophene rings is 1. The van der Waals surface area contributed by atoms with Crippen LogP contribution in [-0.2, 0) is 9.84 Å². The van der Waals surface area contributed by atoms with Crippen molar-refractivity contribution in [1.29, 1.82) is 0 Å². The molecule has 0 aliphatic rings. The molecule has 0 aliphatic carbocycles. The largest absolute Gasteiger partial charge is 0.290 e. The molecule has 1 aromatic carbocycles. The summed E-state index contributed by atoms with van der Waals surface area (Å²) in [6.45, 7) is 0. The van der Waals surface area contributed by atoms with Crippen LogP contribution in [0.5, 0.6) is 0 Å². The van der Waals surface area contributed by atoms with Crippen LogP contribution in [0.2, 0.25) is 0 Å². The zero-order valence-corrected chi connectivity index (χ0v) is 13.1. The number of halogens is 1. The summed E-state index contributed by atoms with van der Waals surface area (Å²) in [6, 6.07) is 9.24. The van der Waals surface area contributed by atoms with Crippen LogP contribution < -0.4 is 0 Å². The molecule has 0 saturated carbocycles. The van der Waals surface area contributed by atoms with Gasteiger partial charge in [-0.05, 0) is 30.3 Å². The first-order valence-electron chi connectivity index (χ1n) is 5.38. The van der Waals surface area contributed by atoms with Crippen molar-refractivity contribution in [3.05, 3.63) is 41.1 Å². The number of sulfone groups is 1. The molecule has 0 atom stereocenters. The van der Waals surface area contributed by atoms with Gasteiger partial charge in [-0.3, -0.25) is 4.57 Å². The predicted molar refractivity (Wildman–Crippen MR) is 79.8 cm³/mol. The second-order valence-electron chi connectivity index (χ2n) is 4.11. The monoisotopic (exact) mass is 356 g/mol. The van der Waals surface area contributed by atoms with Crippen LogP contribution in [0.1, 0.15) is 0 Å². The van der Waals surface area contributed by atoms with Gasteiger partial charge in [-0.15, -0.1) is 11.3 Å². The number of rotatable bonds is 2. The summed E-state index contributed by atoms with van der Waals surface area (Å²) in [7, 11) is -3.16. The van der Waals surface area contributed by atoms with Crippen molar-refractivity contribution in [2.75, 3.05) is 6.26 Å². The maximum Gasteiger partial charge on any atom is 0.184 e. The van der Waals surface area contributed by atoms with E-state index in [9.17, 15) is 8.42 Å². The highest BCUT2D eigenvalue weighted by Gasteiger charge is 2.13. The molecule has 0 amide bonds. The molecule has 2 heterocycles. The lowest BCUT2D eigenvalue weighted by atomic mass is 10.3. The van der Waals surface area contributed by atoms with Crippen LogP contribution in [0.3, 0.4) is 0 Å². The Bertz CT molecular complexity index is 865. The molecule has 7 heteroatoms. The summed E-state index contributed by atoms with van der Waals surface area (Å²) in [6.07, 6.45) is 2.92. The summed E-state index contributed by atoms with van der Waals surface area (Å²) >= 11 is 4.64. The average Bonchev–Trinajstić information content (AvgIpc) is 2.91. The van der Waals surface area contributed by atoms with Gasteiger partial charge >= 0.3 is 0 Å². The molecular weight excluding hydrogens is 348 g/mol. The minimum Gasteiger partial charge on any atom is -0.290 e. The molecule has 19 heavy (non-hydrogen) atoms. The average molecular weight is 357 g/mol. The van der Waals surface area contributed by atoms with Crippen molar-refractivity contribution < 1.29 is 8.42 Å². The predicted octanol–water partition coefficient (Wildman–Crippen LogP) is 3.25. The number of imidazole rings is 1. The van der Waals surface area contributed by atoms with Crippen molar-refractivity contribution in [1.82, 2.24) is 9.55 Å². The normalized spacial score (nSPS) is 12.1. The Morgan fingerprint density at radius 3 is 2.74 bits per heavy atom. The fraction of sp³-hybridized carbons (Fsp3) is 0.0833. The van der Waals surface area contributed by atoms with Gasteiger partial charge in [0.25, 0.3) is 0 Å². The van der Waals surface area contributed by atoms with Gasteiger partial charge in [0.15, 0.2) is 9.84 Å². The van der Waals surface area contributed by atoms with Gasteiger partial charge in [0.1, 0.15) is 15.5 Å². The highest BCUT2D eigenvalue weighted by molar-refractivity contribution is 9.10. The summed E-state index contributed by atoms with van der Waals surface area (Å²) in [4.78, 5) is 4.32. The first kappa shape index (κ1) is 12.8. The summed E-state index contributed by atoms with van der Waals surface area (Å²) in [5, 5.41) is 0.838. The van der Waals surface area contributed by atoms with E-state index in [0.717, 1.165) is 20.5 Å². The fourth-order valence-electron chi connectivity index (χ4n) is 1.80. The smallest absolute Gasteiger partial charge is 0.184 e. The third kappa shape index (κ3) is 2.33. The summed E-state index contributed by atoms with van der Waals surface area (Å²) in [5.74, 6) is 0. The van der Waals surface area contributed by atoms with Gasteiger partial charge in [0.2, 0.25) is 0 Å². The van der Waals surface area contributed by atoms with E-state index in [1.54, 1.807) is 18.5 Å². The number of hydrogen-bond acceptors (Lipinski definition) is 4. The molecule has 3 aromatic rings. The molecule has 0 radical (unpaired) electrons. The molecule has 0 fully saturated rings. The number of aromatic nitrogens is 2. The van der Waals surface area contributed by atoms with Crippen LogP contribution in [0, 0.1) is 0 Å². The van der Waals surface area contributed by atoms with E-state index in [2.05, 4.69) is 20.9 Å². The van der Waals surface area contributed by atoms with Crippen LogP contribution in [-0.4, -0.2) is 24.2 Å². The number of fused-ring (bicyclic) bond motifs is 1. The highest BCUT2D eigenvalue weighted by atomic mass is 79.9. The van der Waals surface area contributed by atoms with Crippen LogP contribution in [0.4, 0.5) is 0 Å². The molecule has 0 N–H and O–H groups in total. The van der Waals surface area contributed by atoms with Crippen molar-refractivity contribution in [2.45, 2.75) is 4.21 Å². The van der Waals surface area contributed by atoms with Gasteiger partial charge in [-0.1, -0.05) is 15.9 Å². The Morgan fingerprint density at radius 2 is 2.05 bits per heavy atom. The Morgan fingerprint density at radius 1 is 1.26 bits per heavy atom. The SMILES string of the molecule is CS(=O)(=O)c1ccc(-n2cnc3cc(Br)ccc32)s1. The van der Waals surface area contributed by atoms with E-state index >= 15 is 0 Å². The molecule has 3 rings (SSSR count). The lowest BCUT2D eigenvalue weighted by Gasteiger charge is -1.99. The quantitative estimate of drug-likeness (QED) is 0.708. The van der Waals surface area contributed by atoms with Gasteiger partial charge in [0, 0.05) is 10.7 Å². The van der Waals surface area contributed by atoms with Gasteiger partial charge in [-0.25, -0.2) is 13.4 Å². The van der Waals surface area contributed by atoms with E-state index in [0.29, 0.717) is 4.21 Å². The Balaban J connectivity index is 2.17. The molecule has 0 unspecified atom stereocenters. The zero-order valence-electron chi connectivity index (χ0n) is 9.87. The summed E-state index contributed by atoms with van der Waals surface area (Å²) in [5.41, 5.74) is 1.81. The third-order valence-electron chi connectivity index (χ3n) is 2.68. The second-order valence-corrected chi connectivity index (χ2v) is 8.33. The van der Waals surface area contributed by atoms with Gasteiger partial charge < -0.3 is 0 Å². The van der Waals surface area contributed by atoms with Gasteiger partial charge in [-0.2, -0.15) is 0 Å². The minimum absolute atomic E-state index is 0.362. The Labute approximate surface area is 122 Å². The second kappa shape index (κ2) is 4.43. The lowest BCUT2D eigenvalue weighted by Crippen LogP contribution is -1.92. The Hall–Kier alpha value is -1.18. The molecule has 0 bridgehead atoms. The first-order chi connectivity index (χ1) is 8.95. The van der Waals surface area contributed by atoms with Crippen LogP contribution in [0.25, 0.3) is 16.0 Å². The van der Waals surface area contributed by atoms with E-state index in [1.165, 1.54) is 17.6 Å². The number of hydrogen-bond donors (Lipinski definition) is 0. The number of nitrogens with zero attached hydrogens (tertiary/aromatic N) is 2. The van der Waals surface area contributed by atoms with E-state index < -0.39 is 9.84 Å². The third-order valence-corrected chi connectivity index (χ3v) is 6.08. The maximum absolute atomic E-state index is 11.5. The molecule has 0 spiro atoms. The lowest BCUT2D eigenvalue weighted by molar-refractivity contribution is 0.604. The van der Waals surface area contributed by atoms with Crippen molar-refractivity contribution >= 4 is 48.1 Å². The standard InChI is InChI=1S/C12H9BrN2O2S2/c1-19(16,17)12-5-4-11(18-12)15-7-14-9-6-8(13)2-3-10(9)15/h2-7H,1H3. The maximum atomic E-state index is 11.5. The molecule has 0 saturated heterocycles. The van der Waals surface area contributed by atoms with E-state index in [-0.39, 0.29) is 0 Å². The fourth-order valence-corrected chi connectivity index (χ4v) is 4.05. The van der Waals surface area contributed by atoms with Crippen molar-refractivity contribution in [2.24, 2.45) is 0 Å². The molecular formula is C12H9BrN2O2S2. The molecule has 0 aliphatic heterocycles. The van der Waals surface area contributed by atoms with Crippen LogP contribution in [0.15, 0.2) is 45.3 Å². The highest BCUT2D eigenvalue weighted by Crippen LogP contribution is 2.28. The van der Waals surface area contributed by atoms with Crippen molar-refractivity contribution in [3.8, 4) is 5.00 Å². The van der Waals surface area contributed by atoms with E-state index in [4.69, 9.17) is 0 Å². The Kier molecular flexibility index (Phi) is 2.99. The minimum atomic E-state index is -3.16. The first-order valence-corrected chi connectivity index (χ1v) is 8.88. The topological polar surface area (TPSA) is 52.0 Å². The van der Waals surface area contributed by atoms with Crippen molar-refractivity contribution in [3.63, 3.8) is 0 Å². The number of benzene rings is 1. The van der Waals surface area contributed by atoms with Crippen LogP contribution >= 0.6 is 27.3 Å². The summed E-state index contributed by atoms with van der Waals surface area (Å²) < 4.78 is 26.2. The zero-order chi connectivity index (χ0) is 13.6. The molecule has 2 aromatic heterocycles. The van der Waals surface area contributed by atoms with Gasteiger partial charge in [0.05, 0.1) is 11.0 Å². The van der Waals surface area contributed by atoms with E-state index in [1.807, 2.05) is 22.8 Å².